The van der Waals surface area contributed by atoms with Gasteiger partial charge in [-0.05, 0) is 82.5 Å². The third-order valence-electron chi connectivity index (χ3n) is 7.78. The number of carbonyl (C=O) groups is 2. The number of quaternary nitrogens is 1. The molecule has 5 aliphatic carbocycles. The van der Waals surface area contributed by atoms with Gasteiger partial charge in [0.25, 0.3) is 5.91 Å². The van der Waals surface area contributed by atoms with E-state index in [1.807, 2.05) is 6.92 Å². The van der Waals surface area contributed by atoms with Crippen molar-refractivity contribution in [3.63, 3.8) is 0 Å². The average molecular weight is 363 g/mol. The number of rotatable bonds is 4. The summed E-state index contributed by atoms with van der Waals surface area (Å²) in [6.45, 7) is 4.21. The topological polar surface area (TPSA) is 74.8 Å². The number of imide groups is 1. The van der Waals surface area contributed by atoms with Gasteiger partial charge in [0.05, 0.1) is 6.04 Å². The van der Waals surface area contributed by atoms with Crippen LogP contribution < -0.4 is 16.0 Å². The zero-order valence-corrected chi connectivity index (χ0v) is 16.4. The zero-order valence-electron chi connectivity index (χ0n) is 16.4. The number of urea groups is 1. The Labute approximate surface area is 157 Å². The van der Waals surface area contributed by atoms with E-state index in [1.165, 1.54) is 44.9 Å². The van der Waals surface area contributed by atoms with Gasteiger partial charge in [-0.2, -0.15) is 0 Å². The average Bonchev–Trinajstić information content (AvgIpc) is 2.54. The molecule has 146 valence electrons. The normalized spacial score (nSPS) is 42.3. The summed E-state index contributed by atoms with van der Waals surface area (Å²) < 4.78 is 0. The molecular formula is C21H36N3O2+. The molecule has 26 heavy (non-hydrogen) atoms. The van der Waals surface area contributed by atoms with Crippen LogP contribution in [0.2, 0.25) is 0 Å². The molecule has 0 unspecified atom stereocenters. The molecule has 0 aromatic rings. The highest BCUT2D eigenvalue weighted by Gasteiger charge is 2.51. The number of amides is 3. The first-order valence-corrected chi connectivity index (χ1v) is 10.9. The van der Waals surface area contributed by atoms with Gasteiger partial charge in [-0.25, -0.2) is 4.79 Å². The Hall–Kier alpha value is -1.10. The van der Waals surface area contributed by atoms with Crippen molar-refractivity contribution in [3.05, 3.63) is 0 Å². The van der Waals surface area contributed by atoms with Crippen molar-refractivity contribution < 1.29 is 14.9 Å². The fraction of sp³-hybridized carbons (Fsp3) is 0.905. The summed E-state index contributed by atoms with van der Waals surface area (Å²) in [7, 11) is 0. The van der Waals surface area contributed by atoms with Crippen molar-refractivity contribution in [1.82, 2.24) is 10.6 Å². The molecule has 0 heterocycles. The molecule has 5 nitrogen and oxygen atoms in total. The fourth-order valence-corrected chi connectivity index (χ4v) is 6.85. The summed E-state index contributed by atoms with van der Waals surface area (Å²) in [5.41, 5.74) is -0.0377. The second-order valence-corrected chi connectivity index (χ2v) is 10.0. The Kier molecular flexibility index (Phi) is 5.02. The minimum atomic E-state index is -0.270. The van der Waals surface area contributed by atoms with Crippen LogP contribution in [-0.4, -0.2) is 29.6 Å². The third kappa shape index (κ3) is 3.78. The Morgan fingerprint density at radius 1 is 1.00 bits per heavy atom. The molecule has 5 fully saturated rings. The lowest BCUT2D eigenvalue weighted by Crippen LogP contribution is -2.98. The van der Waals surface area contributed by atoms with Crippen molar-refractivity contribution in [2.24, 2.45) is 23.7 Å². The molecule has 5 aliphatic rings. The summed E-state index contributed by atoms with van der Waals surface area (Å²) in [6.07, 6.45) is 12.4. The summed E-state index contributed by atoms with van der Waals surface area (Å²) in [6, 6.07) is 0.0345. The third-order valence-corrected chi connectivity index (χ3v) is 7.78. The van der Waals surface area contributed by atoms with Crippen LogP contribution in [0.25, 0.3) is 0 Å². The minimum Gasteiger partial charge on any atom is -0.334 e. The molecule has 4 N–H and O–H groups in total. The number of hydrogen-bond acceptors (Lipinski definition) is 2. The molecule has 5 saturated carbocycles. The van der Waals surface area contributed by atoms with Crippen LogP contribution in [0.4, 0.5) is 4.79 Å². The van der Waals surface area contributed by atoms with Gasteiger partial charge in [0.1, 0.15) is 0 Å². The van der Waals surface area contributed by atoms with Gasteiger partial charge in [0, 0.05) is 11.5 Å². The van der Waals surface area contributed by atoms with Crippen LogP contribution in [0.1, 0.15) is 78.1 Å². The number of carbonyl (C=O) groups excluding carboxylic acids is 2. The molecule has 0 saturated heterocycles. The van der Waals surface area contributed by atoms with Crippen molar-refractivity contribution in [3.8, 4) is 0 Å². The van der Waals surface area contributed by atoms with Gasteiger partial charge in [0.2, 0.25) is 0 Å². The lowest BCUT2D eigenvalue weighted by Gasteiger charge is -2.56. The first kappa shape index (κ1) is 18.3. The first-order valence-electron chi connectivity index (χ1n) is 10.9. The number of nitrogens with one attached hydrogen (secondary N) is 2. The zero-order chi connectivity index (χ0) is 18.3. The van der Waals surface area contributed by atoms with E-state index in [0.29, 0.717) is 12.0 Å². The smallest absolute Gasteiger partial charge is 0.322 e. The Bertz CT molecular complexity index is 526. The maximum Gasteiger partial charge on any atom is 0.322 e. The van der Waals surface area contributed by atoms with E-state index in [2.05, 4.69) is 22.9 Å². The highest BCUT2D eigenvalue weighted by atomic mass is 16.2. The van der Waals surface area contributed by atoms with Crippen molar-refractivity contribution in [1.29, 1.82) is 0 Å². The molecule has 0 radical (unpaired) electrons. The van der Waals surface area contributed by atoms with Crippen LogP contribution in [0, 0.1) is 23.7 Å². The standard InChI is InChI=1S/C21H35N3O2/c1-13-5-3-4-6-18(13)22-14(2)19(25)23-20(26)24-21-10-15-7-16(11-21)9-17(8-15)12-21/h13-18,22H,3-12H2,1-2H3,(H2,23,24,25,26)/p+1/t13-,14+,15?,16?,17?,18-,21?/m1/s1. The lowest BCUT2D eigenvalue weighted by atomic mass is 9.53. The van der Waals surface area contributed by atoms with E-state index in [1.54, 1.807) is 0 Å². The Balaban J connectivity index is 1.28. The molecule has 3 amide bonds. The quantitative estimate of drug-likeness (QED) is 0.718. The van der Waals surface area contributed by atoms with Crippen molar-refractivity contribution in [2.45, 2.75) is 95.7 Å². The Morgan fingerprint density at radius 3 is 2.15 bits per heavy atom. The van der Waals surface area contributed by atoms with Crippen LogP contribution in [0.3, 0.4) is 0 Å². The fourth-order valence-electron chi connectivity index (χ4n) is 6.85. The van der Waals surface area contributed by atoms with Crippen LogP contribution >= 0.6 is 0 Å². The number of nitrogens with two attached hydrogens (primary N) is 1. The summed E-state index contributed by atoms with van der Waals surface area (Å²) in [5, 5.41) is 8.05. The van der Waals surface area contributed by atoms with E-state index < -0.39 is 0 Å². The highest BCUT2D eigenvalue weighted by Crippen LogP contribution is 2.55. The Morgan fingerprint density at radius 2 is 1.58 bits per heavy atom. The second kappa shape index (κ2) is 7.14. The van der Waals surface area contributed by atoms with Gasteiger partial charge in [-0.1, -0.05) is 13.3 Å². The lowest BCUT2D eigenvalue weighted by molar-refractivity contribution is -0.714. The maximum atomic E-state index is 12.5. The number of hydrogen-bond donors (Lipinski definition) is 3. The monoisotopic (exact) mass is 362 g/mol. The predicted molar refractivity (Wildman–Crippen MR) is 100 cm³/mol. The largest absolute Gasteiger partial charge is 0.334 e. The SMILES string of the molecule is C[C@H]([NH2+][C@@H]1CCCC[C@H]1C)C(=O)NC(=O)NC12CC3CC(CC(C3)C1)C2. The van der Waals surface area contributed by atoms with Gasteiger partial charge < -0.3 is 10.6 Å². The van der Waals surface area contributed by atoms with Crippen molar-refractivity contribution in [2.75, 3.05) is 0 Å². The summed E-state index contributed by atoms with van der Waals surface area (Å²) in [5.74, 6) is 2.87. The first-order chi connectivity index (χ1) is 12.4. The van der Waals surface area contributed by atoms with E-state index in [9.17, 15) is 9.59 Å². The van der Waals surface area contributed by atoms with Crippen molar-refractivity contribution >= 4 is 11.9 Å². The van der Waals surface area contributed by atoms with Gasteiger partial charge in [0.15, 0.2) is 6.04 Å². The van der Waals surface area contributed by atoms with E-state index >= 15 is 0 Å². The molecule has 4 bridgehead atoms. The minimum absolute atomic E-state index is 0.0377. The molecule has 5 heteroatoms. The predicted octanol–water partition coefficient (Wildman–Crippen LogP) is 2.31. The molecule has 3 atom stereocenters. The van der Waals surface area contributed by atoms with Crippen LogP contribution in [-0.2, 0) is 4.79 Å². The molecule has 0 spiro atoms. The molecule has 0 aromatic heterocycles. The van der Waals surface area contributed by atoms with E-state index in [4.69, 9.17) is 0 Å². The molecule has 0 aliphatic heterocycles. The summed E-state index contributed by atoms with van der Waals surface area (Å²) >= 11 is 0. The van der Waals surface area contributed by atoms with E-state index in [-0.39, 0.29) is 23.5 Å². The second-order valence-electron chi connectivity index (χ2n) is 10.0. The van der Waals surface area contributed by atoms with E-state index in [0.717, 1.165) is 37.0 Å². The van der Waals surface area contributed by atoms with Gasteiger partial charge in [-0.3, -0.25) is 10.1 Å². The summed E-state index contributed by atoms with van der Waals surface area (Å²) in [4.78, 5) is 25.1. The van der Waals surface area contributed by atoms with Crippen LogP contribution in [0.5, 0.6) is 0 Å². The molecular weight excluding hydrogens is 326 g/mol. The van der Waals surface area contributed by atoms with Crippen LogP contribution in [0.15, 0.2) is 0 Å². The molecule has 0 aromatic carbocycles. The van der Waals surface area contributed by atoms with Gasteiger partial charge in [-0.15, -0.1) is 0 Å². The highest BCUT2D eigenvalue weighted by molar-refractivity contribution is 5.96. The maximum absolute atomic E-state index is 12.5. The molecule has 5 rings (SSSR count). The van der Waals surface area contributed by atoms with Gasteiger partial charge >= 0.3 is 6.03 Å².